The molecule has 0 atom stereocenters. The van der Waals surface area contributed by atoms with E-state index in [0.717, 1.165) is 43.0 Å². The summed E-state index contributed by atoms with van der Waals surface area (Å²) in [4.78, 5) is 4.06. The predicted octanol–water partition coefficient (Wildman–Crippen LogP) is 1.44. The number of nitrogens with one attached hydrogen (secondary N) is 2. The molecule has 6 heteroatoms. The lowest BCUT2D eigenvalue weighted by Crippen LogP contribution is -3.12. The van der Waals surface area contributed by atoms with Gasteiger partial charge in [-0.2, -0.15) is 0 Å². The molecule has 25 heavy (non-hydrogen) atoms. The minimum Gasteiger partial charge on any atom is -0.359 e. The Balaban J connectivity index is 1.88. The fourth-order valence-corrected chi connectivity index (χ4v) is 4.21. The van der Waals surface area contributed by atoms with Gasteiger partial charge < -0.3 is 9.80 Å². The van der Waals surface area contributed by atoms with Gasteiger partial charge in [-0.3, -0.25) is 4.72 Å². The molecule has 5 nitrogen and oxygen atoms in total. The Bertz CT molecular complexity index is 857. The Morgan fingerprint density at radius 1 is 1.00 bits per heavy atom. The van der Waals surface area contributed by atoms with E-state index in [0.29, 0.717) is 10.6 Å². The van der Waals surface area contributed by atoms with Crippen LogP contribution in [-0.4, -0.2) is 41.6 Å². The number of anilines is 2. The summed E-state index contributed by atoms with van der Waals surface area (Å²) in [6.45, 7) is 7.86. The third-order valence-corrected chi connectivity index (χ3v) is 6.26. The molecular weight excluding hydrogens is 334 g/mol. The van der Waals surface area contributed by atoms with Gasteiger partial charge in [0.2, 0.25) is 0 Å². The Morgan fingerprint density at radius 3 is 2.36 bits per heavy atom. The van der Waals surface area contributed by atoms with Crippen molar-refractivity contribution in [3.8, 4) is 0 Å². The molecule has 0 unspecified atom stereocenters. The maximum Gasteiger partial charge on any atom is 0.261 e. The first-order chi connectivity index (χ1) is 11.9. The third-order valence-electron chi connectivity index (χ3n) is 4.89. The lowest BCUT2D eigenvalue weighted by Gasteiger charge is -2.33. The van der Waals surface area contributed by atoms with Crippen LogP contribution in [0.2, 0.25) is 0 Å². The Kier molecular flexibility index (Phi) is 5.01. The van der Waals surface area contributed by atoms with Gasteiger partial charge in [-0.15, -0.1) is 0 Å². The Morgan fingerprint density at radius 2 is 1.68 bits per heavy atom. The zero-order chi connectivity index (χ0) is 18.0. The molecular formula is C19H26N3O2S+. The number of rotatable bonds is 4. The van der Waals surface area contributed by atoms with Gasteiger partial charge in [0.15, 0.2) is 0 Å². The van der Waals surface area contributed by atoms with E-state index < -0.39 is 10.0 Å². The van der Waals surface area contributed by atoms with Gasteiger partial charge in [0.1, 0.15) is 0 Å². The zero-order valence-electron chi connectivity index (χ0n) is 15.0. The lowest BCUT2D eigenvalue weighted by molar-refractivity contribution is -0.880. The SMILES string of the molecule is Cc1ccc(S(=O)(=O)Nc2ccccc2N2CC[NH+](C)CC2)cc1C. The van der Waals surface area contributed by atoms with Crippen LogP contribution in [0.4, 0.5) is 11.4 Å². The predicted molar refractivity (Wildman–Crippen MR) is 102 cm³/mol. The van der Waals surface area contributed by atoms with Crippen LogP contribution in [0, 0.1) is 13.8 Å². The number of likely N-dealkylation sites (N-methyl/N-ethyl adjacent to an activating group) is 1. The number of para-hydroxylation sites is 2. The smallest absolute Gasteiger partial charge is 0.261 e. The number of hydrogen-bond donors (Lipinski definition) is 2. The van der Waals surface area contributed by atoms with E-state index in [2.05, 4.69) is 16.7 Å². The summed E-state index contributed by atoms with van der Waals surface area (Å²) in [5, 5.41) is 0. The standard InChI is InChI=1S/C19H25N3O2S/c1-15-8-9-17(14-16(15)2)25(23,24)20-18-6-4-5-7-19(18)22-12-10-21(3)11-13-22/h4-9,14,20H,10-13H2,1-3H3/p+1. The first kappa shape index (κ1) is 17.8. The number of aryl methyl sites for hydroxylation is 2. The van der Waals surface area contributed by atoms with Crippen molar-refractivity contribution in [2.75, 3.05) is 42.8 Å². The van der Waals surface area contributed by atoms with Crippen LogP contribution in [-0.2, 0) is 10.0 Å². The monoisotopic (exact) mass is 360 g/mol. The fraction of sp³-hybridized carbons (Fsp3) is 0.368. The largest absolute Gasteiger partial charge is 0.359 e. The summed E-state index contributed by atoms with van der Waals surface area (Å²) < 4.78 is 28.4. The van der Waals surface area contributed by atoms with Gasteiger partial charge >= 0.3 is 0 Å². The van der Waals surface area contributed by atoms with E-state index >= 15 is 0 Å². The van der Waals surface area contributed by atoms with Crippen molar-refractivity contribution in [1.82, 2.24) is 0 Å². The summed E-state index contributed by atoms with van der Waals surface area (Å²) in [6, 6.07) is 12.9. The molecule has 0 bridgehead atoms. The van der Waals surface area contributed by atoms with Gasteiger partial charge in [0.05, 0.1) is 49.5 Å². The van der Waals surface area contributed by atoms with E-state index in [1.54, 1.807) is 12.1 Å². The van der Waals surface area contributed by atoms with Crippen molar-refractivity contribution in [3.05, 3.63) is 53.6 Å². The van der Waals surface area contributed by atoms with Crippen LogP contribution in [0.25, 0.3) is 0 Å². The van der Waals surface area contributed by atoms with Crippen molar-refractivity contribution in [1.29, 1.82) is 0 Å². The Hall–Kier alpha value is -2.05. The van der Waals surface area contributed by atoms with Gasteiger partial charge in [-0.25, -0.2) is 8.42 Å². The van der Waals surface area contributed by atoms with Gasteiger partial charge in [0.25, 0.3) is 10.0 Å². The number of quaternary nitrogens is 1. The summed E-state index contributed by atoms with van der Waals surface area (Å²) in [5.41, 5.74) is 3.64. The average Bonchev–Trinajstić information content (AvgIpc) is 2.58. The van der Waals surface area contributed by atoms with E-state index in [-0.39, 0.29) is 0 Å². The molecule has 0 saturated carbocycles. The van der Waals surface area contributed by atoms with Crippen molar-refractivity contribution >= 4 is 21.4 Å². The number of piperazine rings is 1. The summed E-state index contributed by atoms with van der Waals surface area (Å²) in [7, 11) is -1.42. The molecule has 0 aliphatic carbocycles. The highest BCUT2D eigenvalue weighted by Crippen LogP contribution is 2.28. The molecule has 134 valence electrons. The number of benzene rings is 2. The fourth-order valence-electron chi connectivity index (χ4n) is 3.05. The molecule has 2 N–H and O–H groups in total. The molecule has 0 aromatic heterocycles. The summed E-state index contributed by atoms with van der Waals surface area (Å²) in [6.07, 6.45) is 0. The first-order valence-electron chi connectivity index (χ1n) is 8.62. The van der Waals surface area contributed by atoms with Crippen LogP contribution in [0.15, 0.2) is 47.4 Å². The lowest BCUT2D eigenvalue weighted by atomic mass is 10.1. The van der Waals surface area contributed by atoms with E-state index in [1.165, 1.54) is 4.90 Å². The molecule has 1 aliphatic heterocycles. The summed E-state index contributed by atoms with van der Waals surface area (Å²) in [5.74, 6) is 0. The molecule has 0 radical (unpaired) electrons. The van der Waals surface area contributed by atoms with E-state index in [1.807, 2.05) is 44.2 Å². The van der Waals surface area contributed by atoms with Gasteiger partial charge in [-0.1, -0.05) is 18.2 Å². The van der Waals surface area contributed by atoms with Crippen LogP contribution in [0.3, 0.4) is 0 Å². The second-order valence-electron chi connectivity index (χ2n) is 6.81. The normalized spacial score (nSPS) is 16.0. The van der Waals surface area contributed by atoms with E-state index in [4.69, 9.17) is 0 Å². The van der Waals surface area contributed by atoms with Crippen LogP contribution < -0.4 is 14.5 Å². The second kappa shape index (κ2) is 7.06. The molecule has 1 aliphatic rings. The minimum atomic E-state index is -3.61. The van der Waals surface area contributed by atoms with Crippen molar-refractivity contribution < 1.29 is 13.3 Å². The average molecular weight is 361 g/mol. The molecule has 1 saturated heterocycles. The quantitative estimate of drug-likeness (QED) is 0.868. The molecule has 1 heterocycles. The van der Waals surface area contributed by atoms with Gasteiger partial charge in [-0.05, 0) is 49.2 Å². The summed E-state index contributed by atoms with van der Waals surface area (Å²) >= 11 is 0. The highest BCUT2D eigenvalue weighted by molar-refractivity contribution is 7.92. The minimum absolute atomic E-state index is 0.299. The zero-order valence-corrected chi connectivity index (χ0v) is 15.9. The Labute approximate surface area is 150 Å². The molecule has 3 rings (SSSR count). The second-order valence-corrected chi connectivity index (χ2v) is 8.50. The first-order valence-corrected chi connectivity index (χ1v) is 10.1. The third kappa shape index (κ3) is 3.96. The van der Waals surface area contributed by atoms with Crippen molar-refractivity contribution in [2.24, 2.45) is 0 Å². The molecule has 1 fully saturated rings. The number of nitrogens with zero attached hydrogens (tertiary/aromatic N) is 1. The maximum absolute atomic E-state index is 12.8. The number of hydrogen-bond acceptors (Lipinski definition) is 3. The topological polar surface area (TPSA) is 53.9 Å². The van der Waals surface area contributed by atoms with E-state index in [9.17, 15) is 8.42 Å². The molecule has 2 aromatic carbocycles. The molecule has 2 aromatic rings. The van der Waals surface area contributed by atoms with Crippen LogP contribution >= 0.6 is 0 Å². The number of sulfonamides is 1. The molecule has 0 amide bonds. The van der Waals surface area contributed by atoms with Crippen LogP contribution in [0.1, 0.15) is 11.1 Å². The van der Waals surface area contributed by atoms with Crippen molar-refractivity contribution in [3.63, 3.8) is 0 Å². The van der Waals surface area contributed by atoms with Crippen LogP contribution in [0.5, 0.6) is 0 Å². The van der Waals surface area contributed by atoms with Gasteiger partial charge in [0, 0.05) is 0 Å². The molecule has 0 spiro atoms. The maximum atomic E-state index is 12.8. The van der Waals surface area contributed by atoms with Crippen molar-refractivity contribution in [2.45, 2.75) is 18.7 Å². The highest BCUT2D eigenvalue weighted by atomic mass is 32.2. The highest BCUT2D eigenvalue weighted by Gasteiger charge is 2.22.